The fourth-order valence-corrected chi connectivity index (χ4v) is 6.15. The third-order valence-corrected chi connectivity index (χ3v) is 9.03. The first-order chi connectivity index (χ1) is 18.8. The molecular weight excluding hydrogens is 522 g/mol. The second-order valence-corrected chi connectivity index (χ2v) is 11.8. The molecular formula is C28H34F2N6O2S. The van der Waals surface area contributed by atoms with Crippen molar-refractivity contribution in [2.75, 3.05) is 58.4 Å². The zero-order valence-electron chi connectivity index (χ0n) is 21.8. The van der Waals surface area contributed by atoms with Gasteiger partial charge in [0, 0.05) is 62.7 Å². The number of carbonyl (C=O) groups excluding carboxylic acids is 1. The smallest absolute Gasteiger partial charge is 0.258 e. The van der Waals surface area contributed by atoms with Gasteiger partial charge in [-0.1, -0.05) is 11.9 Å². The van der Waals surface area contributed by atoms with Gasteiger partial charge in [0.05, 0.1) is 23.4 Å². The van der Waals surface area contributed by atoms with E-state index >= 15 is 0 Å². The van der Waals surface area contributed by atoms with Crippen LogP contribution in [0, 0.1) is 5.41 Å². The maximum atomic E-state index is 13.8. The second-order valence-electron chi connectivity index (χ2n) is 10.9. The second kappa shape index (κ2) is 10.5. The molecule has 2 saturated heterocycles. The molecule has 2 aromatic heterocycles. The topological polar surface area (TPSA) is 85.1 Å². The summed E-state index contributed by atoms with van der Waals surface area (Å²) in [4.78, 5) is 22.5. The standard InChI is InChI=1S/C28H34F2N6O2S/c29-28(30)9-14-35(15-10-28)26-32-24(19-21-2-1-11-36(21)26)31-25(38)22-4-3-20(33-39-17-16-37)18-23(22)34-12-7-27(5-6-27)8-13-34/h1-4,11,18-19,33,37H,5-10,12-17H2,(H,31,38). The Morgan fingerprint density at radius 3 is 2.46 bits per heavy atom. The summed E-state index contributed by atoms with van der Waals surface area (Å²) in [7, 11) is 0. The Labute approximate surface area is 230 Å². The molecule has 1 aromatic carbocycles. The molecule has 1 spiro atoms. The van der Waals surface area contributed by atoms with Gasteiger partial charge in [-0.25, -0.2) is 8.78 Å². The largest absolute Gasteiger partial charge is 0.395 e. The van der Waals surface area contributed by atoms with Gasteiger partial charge in [-0.2, -0.15) is 4.98 Å². The van der Waals surface area contributed by atoms with Crippen molar-refractivity contribution in [1.29, 1.82) is 0 Å². The summed E-state index contributed by atoms with van der Waals surface area (Å²) in [5.41, 5.74) is 3.66. The molecule has 11 heteroatoms. The predicted molar refractivity (Wildman–Crippen MR) is 152 cm³/mol. The van der Waals surface area contributed by atoms with Crippen molar-refractivity contribution >= 4 is 46.5 Å². The molecule has 0 atom stereocenters. The molecule has 8 nitrogen and oxygen atoms in total. The minimum Gasteiger partial charge on any atom is -0.395 e. The van der Waals surface area contributed by atoms with Crippen LogP contribution >= 0.6 is 11.9 Å². The van der Waals surface area contributed by atoms with Crippen LogP contribution in [0.2, 0.25) is 0 Å². The number of alkyl halides is 2. The van der Waals surface area contributed by atoms with Gasteiger partial charge in [0.2, 0.25) is 5.95 Å². The lowest BCUT2D eigenvalue weighted by atomic mass is 9.93. The SMILES string of the molecule is O=C(Nc1cc2cccn2c(N2CCC(F)(F)CC2)n1)c1ccc(NSCCO)cc1N1CCC2(CC1)CC2. The normalized spacial score (nSPS) is 19.9. The number of halogens is 2. The molecule has 1 saturated carbocycles. The van der Waals surface area contributed by atoms with Crippen LogP contribution < -0.4 is 19.8 Å². The molecule has 3 aliphatic rings. The lowest BCUT2D eigenvalue weighted by Crippen LogP contribution is -2.40. The number of benzene rings is 1. The minimum absolute atomic E-state index is 0.0834. The Bertz CT molecular complexity index is 1340. The monoisotopic (exact) mass is 556 g/mol. The van der Waals surface area contributed by atoms with Gasteiger partial charge in [-0.3, -0.25) is 9.20 Å². The van der Waals surface area contributed by atoms with E-state index in [1.165, 1.54) is 24.8 Å². The lowest BCUT2D eigenvalue weighted by Gasteiger charge is -2.35. The number of fused-ring (bicyclic) bond motifs is 1. The van der Waals surface area contributed by atoms with Gasteiger partial charge in [-0.15, -0.1) is 0 Å². The Kier molecular flexibility index (Phi) is 7.05. The fraction of sp³-hybridized carbons (Fsp3) is 0.500. The average Bonchev–Trinajstić information content (AvgIpc) is 3.50. The van der Waals surface area contributed by atoms with E-state index in [-0.39, 0.29) is 38.4 Å². The summed E-state index contributed by atoms with van der Waals surface area (Å²) in [6.45, 7) is 2.30. The first-order valence-corrected chi connectivity index (χ1v) is 14.6. The summed E-state index contributed by atoms with van der Waals surface area (Å²) in [5.74, 6) is -1.41. The summed E-state index contributed by atoms with van der Waals surface area (Å²) >= 11 is 1.42. The molecule has 4 heterocycles. The Hall–Kier alpha value is -3.05. The molecule has 0 unspecified atom stereocenters. The number of piperidine rings is 2. The van der Waals surface area contributed by atoms with Gasteiger partial charge in [-0.05, 0) is 61.4 Å². The zero-order valence-corrected chi connectivity index (χ0v) is 22.7. The van der Waals surface area contributed by atoms with Crippen LogP contribution in [0.1, 0.15) is 48.9 Å². The molecule has 1 amide bonds. The summed E-state index contributed by atoms with van der Waals surface area (Å²) < 4.78 is 32.7. The fourth-order valence-electron chi connectivity index (χ4n) is 5.66. The zero-order chi connectivity index (χ0) is 27.0. The van der Waals surface area contributed by atoms with Gasteiger partial charge in [0.25, 0.3) is 11.8 Å². The first kappa shape index (κ1) is 26.2. The first-order valence-electron chi connectivity index (χ1n) is 13.6. The van der Waals surface area contributed by atoms with Crippen molar-refractivity contribution < 1.29 is 18.7 Å². The molecule has 2 aliphatic heterocycles. The Morgan fingerprint density at radius 1 is 1.00 bits per heavy atom. The molecule has 3 fully saturated rings. The number of aliphatic hydroxyl groups excluding tert-OH is 1. The van der Waals surface area contributed by atoms with E-state index in [4.69, 9.17) is 10.1 Å². The highest BCUT2D eigenvalue weighted by atomic mass is 32.2. The van der Waals surface area contributed by atoms with Crippen molar-refractivity contribution in [3.05, 3.63) is 48.2 Å². The molecule has 39 heavy (non-hydrogen) atoms. The highest BCUT2D eigenvalue weighted by Gasteiger charge is 2.44. The number of aliphatic hydroxyl groups is 1. The number of hydrogen-bond acceptors (Lipinski definition) is 7. The number of hydrogen-bond donors (Lipinski definition) is 3. The summed E-state index contributed by atoms with van der Waals surface area (Å²) in [6, 6.07) is 11.3. The highest BCUT2D eigenvalue weighted by molar-refractivity contribution is 8.00. The number of nitrogens with zero attached hydrogens (tertiary/aromatic N) is 4. The number of anilines is 4. The van der Waals surface area contributed by atoms with E-state index in [9.17, 15) is 13.6 Å². The van der Waals surface area contributed by atoms with Gasteiger partial charge >= 0.3 is 0 Å². The van der Waals surface area contributed by atoms with Crippen LogP contribution in [0.5, 0.6) is 0 Å². The Morgan fingerprint density at radius 2 is 1.74 bits per heavy atom. The van der Waals surface area contributed by atoms with Crippen molar-refractivity contribution in [3.63, 3.8) is 0 Å². The summed E-state index contributed by atoms with van der Waals surface area (Å²) in [6.07, 6.45) is 6.30. The number of nitrogens with one attached hydrogen (secondary N) is 2. The van der Waals surface area contributed by atoms with Crippen LogP contribution in [-0.2, 0) is 0 Å². The molecule has 0 bridgehead atoms. The minimum atomic E-state index is -2.65. The van der Waals surface area contributed by atoms with Crippen LogP contribution in [0.25, 0.3) is 5.52 Å². The van der Waals surface area contributed by atoms with E-state index in [2.05, 4.69) is 14.9 Å². The average molecular weight is 557 g/mol. The Balaban J connectivity index is 1.26. The van der Waals surface area contributed by atoms with Crippen molar-refractivity contribution in [2.24, 2.45) is 5.41 Å². The maximum absolute atomic E-state index is 13.8. The van der Waals surface area contributed by atoms with Crippen molar-refractivity contribution in [1.82, 2.24) is 9.38 Å². The van der Waals surface area contributed by atoms with Crippen molar-refractivity contribution in [3.8, 4) is 0 Å². The van der Waals surface area contributed by atoms with E-state index in [0.717, 1.165) is 42.8 Å². The summed E-state index contributed by atoms with van der Waals surface area (Å²) in [5, 5.41) is 12.1. The van der Waals surface area contributed by atoms with Gasteiger partial charge in [0.15, 0.2) is 0 Å². The number of carbonyl (C=O) groups is 1. The molecule has 1 aliphatic carbocycles. The van der Waals surface area contributed by atoms with Crippen LogP contribution in [0.3, 0.4) is 0 Å². The molecule has 208 valence electrons. The van der Waals surface area contributed by atoms with E-state index in [0.29, 0.717) is 28.5 Å². The number of rotatable bonds is 8. The number of aromatic nitrogens is 2. The van der Waals surface area contributed by atoms with Crippen LogP contribution in [0.15, 0.2) is 42.6 Å². The molecule has 3 N–H and O–H groups in total. The van der Waals surface area contributed by atoms with Crippen molar-refractivity contribution in [2.45, 2.75) is 44.4 Å². The third kappa shape index (κ3) is 5.65. The maximum Gasteiger partial charge on any atom is 0.258 e. The molecule has 3 aromatic rings. The van der Waals surface area contributed by atoms with Crippen LogP contribution in [0.4, 0.5) is 31.9 Å². The van der Waals surface area contributed by atoms with E-state index in [1.807, 2.05) is 45.8 Å². The highest BCUT2D eigenvalue weighted by Crippen LogP contribution is 2.54. The van der Waals surface area contributed by atoms with Gasteiger partial charge < -0.3 is 24.9 Å². The quantitative estimate of drug-likeness (QED) is 0.258. The predicted octanol–water partition coefficient (Wildman–Crippen LogP) is 5.25. The van der Waals surface area contributed by atoms with E-state index in [1.54, 1.807) is 6.07 Å². The molecule has 6 rings (SSSR count). The lowest BCUT2D eigenvalue weighted by molar-refractivity contribution is -0.0222. The van der Waals surface area contributed by atoms with Crippen LogP contribution in [-0.4, -0.2) is 64.9 Å². The molecule has 0 radical (unpaired) electrons. The van der Waals surface area contributed by atoms with Gasteiger partial charge in [0.1, 0.15) is 5.82 Å². The third-order valence-electron chi connectivity index (χ3n) is 8.27. The van der Waals surface area contributed by atoms with E-state index < -0.39 is 5.92 Å². The number of amides is 1.